The minimum absolute atomic E-state index is 0.0841. The smallest absolute Gasteiger partial charge is 0.216 e. The molecule has 0 atom stereocenters. The lowest BCUT2D eigenvalue weighted by Gasteiger charge is -2.10. The number of allylic oxidation sites excluding steroid dienone is 1. The van der Waals surface area contributed by atoms with Crippen molar-refractivity contribution < 1.29 is 13.2 Å². The molecule has 0 unspecified atom stereocenters. The summed E-state index contributed by atoms with van der Waals surface area (Å²) in [6.07, 6.45) is 1.35. The van der Waals surface area contributed by atoms with E-state index in [2.05, 4.69) is 0 Å². The highest BCUT2D eigenvalue weighted by atomic mass is 32.2. The molecule has 0 radical (unpaired) electrons. The SMILES string of the molecule is Cc1ccc(COc2ccccc2C=C(C#N)S(=O)(=O)c2ccccc2)cc1. The fourth-order valence-electron chi connectivity index (χ4n) is 2.61. The lowest BCUT2D eigenvalue weighted by Crippen LogP contribution is -2.04. The highest BCUT2D eigenvalue weighted by Gasteiger charge is 2.21. The second-order valence-electron chi connectivity index (χ2n) is 6.25. The molecule has 0 N–H and O–H groups in total. The van der Waals surface area contributed by atoms with Crippen LogP contribution in [0.5, 0.6) is 5.75 Å². The Balaban J connectivity index is 1.90. The van der Waals surface area contributed by atoms with E-state index in [0.717, 1.165) is 11.1 Å². The highest BCUT2D eigenvalue weighted by Crippen LogP contribution is 2.26. The quantitative estimate of drug-likeness (QED) is 0.562. The number of rotatable bonds is 6. The molecule has 0 saturated heterocycles. The zero-order valence-corrected chi connectivity index (χ0v) is 16.2. The monoisotopic (exact) mass is 389 g/mol. The van der Waals surface area contributed by atoms with E-state index in [9.17, 15) is 13.7 Å². The van der Waals surface area contributed by atoms with Gasteiger partial charge >= 0.3 is 0 Å². The van der Waals surface area contributed by atoms with Crippen molar-refractivity contribution >= 4 is 15.9 Å². The Hall–Kier alpha value is -3.36. The molecule has 0 amide bonds. The Bertz CT molecular complexity index is 1130. The van der Waals surface area contributed by atoms with Crippen LogP contribution in [-0.2, 0) is 16.4 Å². The van der Waals surface area contributed by atoms with Crippen molar-refractivity contribution in [2.75, 3.05) is 0 Å². The van der Waals surface area contributed by atoms with Gasteiger partial charge in [0.1, 0.15) is 23.3 Å². The van der Waals surface area contributed by atoms with Crippen molar-refractivity contribution in [3.63, 3.8) is 0 Å². The second-order valence-corrected chi connectivity index (χ2v) is 8.17. The maximum Gasteiger partial charge on any atom is 0.216 e. The van der Waals surface area contributed by atoms with Gasteiger partial charge in [0.25, 0.3) is 0 Å². The Kier molecular flexibility index (Phi) is 5.93. The van der Waals surface area contributed by atoms with E-state index in [0.29, 0.717) is 17.9 Å². The summed E-state index contributed by atoms with van der Waals surface area (Å²) in [5, 5.41) is 9.47. The predicted molar refractivity (Wildman–Crippen MR) is 109 cm³/mol. The minimum Gasteiger partial charge on any atom is -0.488 e. The van der Waals surface area contributed by atoms with Crippen LogP contribution < -0.4 is 4.74 Å². The molecular formula is C23H19NO3S. The topological polar surface area (TPSA) is 67.2 Å². The van der Waals surface area contributed by atoms with Gasteiger partial charge in [-0.15, -0.1) is 0 Å². The average Bonchev–Trinajstić information content (AvgIpc) is 2.72. The Morgan fingerprint density at radius 1 is 0.964 bits per heavy atom. The Morgan fingerprint density at radius 3 is 2.29 bits per heavy atom. The fourth-order valence-corrected chi connectivity index (χ4v) is 3.79. The van der Waals surface area contributed by atoms with Crippen LogP contribution >= 0.6 is 0 Å². The molecule has 3 rings (SSSR count). The third-order valence-electron chi connectivity index (χ3n) is 4.17. The van der Waals surface area contributed by atoms with Crippen LogP contribution in [0.1, 0.15) is 16.7 Å². The van der Waals surface area contributed by atoms with Gasteiger partial charge in [0.05, 0.1) is 4.90 Å². The summed E-state index contributed by atoms with van der Waals surface area (Å²) in [5.41, 5.74) is 2.70. The van der Waals surface area contributed by atoms with Crippen molar-refractivity contribution in [3.8, 4) is 11.8 Å². The predicted octanol–water partition coefficient (Wildman–Crippen LogP) is 4.91. The maximum atomic E-state index is 12.8. The van der Waals surface area contributed by atoms with Gasteiger partial charge in [-0.2, -0.15) is 5.26 Å². The van der Waals surface area contributed by atoms with Gasteiger partial charge in [-0.05, 0) is 36.8 Å². The third-order valence-corrected chi connectivity index (χ3v) is 5.85. The van der Waals surface area contributed by atoms with Crippen molar-refractivity contribution in [2.24, 2.45) is 0 Å². The normalized spacial score (nSPS) is 11.6. The van der Waals surface area contributed by atoms with E-state index in [1.165, 1.54) is 18.2 Å². The zero-order chi connectivity index (χ0) is 20.0. The molecule has 3 aromatic rings. The van der Waals surface area contributed by atoms with Crippen LogP contribution in [0.3, 0.4) is 0 Å². The number of hydrogen-bond acceptors (Lipinski definition) is 4. The lowest BCUT2D eigenvalue weighted by atomic mass is 10.1. The van der Waals surface area contributed by atoms with Gasteiger partial charge in [0.2, 0.25) is 9.84 Å². The van der Waals surface area contributed by atoms with Gasteiger partial charge < -0.3 is 4.74 Å². The van der Waals surface area contributed by atoms with Crippen molar-refractivity contribution in [1.29, 1.82) is 5.26 Å². The first-order valence-corrected chi connectivity index (χ1v) is 10.2. The molecule has 4 nitrogen and oxygen atoms in total. The van der Waals surface area contributed by atoms with Crippen LogP contribution in [0.4, 0.5) is 0 Å². The number of hydrogen-bond donors (Lipinski definition) is 0. The molecule has 0 fully saturated rings. The number of ether oxygens (including phenoxy) is 1. The van der Waals surface area contributed by atoms with Crippen molar-refractivity contribution in [2.45, 2.75) is 18.4 Å². The fraction of sp³-hybridized carbons (Fsp3) is 0.0870. The van der Waals surface area contributed by atoms with Crippen molar-refractivity contribution in [1.82, 2.24) is 0 Å². The number of benzene rings is 3. The van der Waals surface area contributed by atoms with Gasteiger partial charge in [-0.3, -0.25) is 0 Å². The van der Waals surface area contributed by atoms with Crippen LogP contribution in [0.25, 0.3) is 6.08 Å². The maximum absolute atomic E-state index is 12.8. The molecule has 0 heterocycles. The summed E-state index contributed by atoms with van der Waals surface area (Å²) in [4.78, 5) is -0.244. The molecule has 28 heavy (non-hydrogen) atoms. The van der Waals surface area contributed by atoms with Crippen LogP contribution in [-0.4, -0.2) is 8.42 Å². The van der Waals surface area contributed by atoms with E-state index in [1.807, 2.05) is 37.3 Å². The van der Waals surface area contributed by atoms with Crippen LogP contribution in [0.15, 0.2) is 88.7 Å². The summed E-state index contributed by atoms with van der Waals surface area (Å²) in [6.45, 7) is 2.36. The number of sulfone groups is 1. The molecule has 0 aliphatic rings. The number of nitrogens with zero attached hydrogens (tertiary/aromatic N) is 1. The first-order chi connectivity index (χ1) is 13.5. The summed E-state index contributed by atoms with van der Waals surface area (Å²) >= 11 is 0. The zero-order valence-electron chi connectivity index (χ0n) is 15.4. The van der Waals surface area contributed by atoms with Gasteiger partial charge in [-0.25, -0.2) is 8.42 Å². The summed E-state index contributed by atoms with van der Waals surface area (Å²) in [5.74, 6) is 0.513. The second kappa shape index (κ2) is 8.55. The van der Waals surface area contributed by atoms with E-state index in [4.69, 9.17) is 4.74 Å². The molecule has 0 spiro atoms. The molecule has 3 aromatic carbocycles. The number of aryl methyl sites for hydroxylation is 1. The minimum atomic E-state index is -3.89. The van der Waals surface area contributed by atoms with Crippen molar-refractivity contribution in [3.05, 3.63) is 100 Å². The Morgan fingerprint density at radius 2 is 1.61 bits per heavy atom. The van der Waals surface area contributed by atoms with Gasteiger partial charge in [0.15, 0.2) is 0 Å². The first-order valence-electron chi connectivity index (χ1n) is 8.70. The highest BCUT2D eigenvalue weighted by molar-refractivity contribution is 7.95. The number of nitriles is 1. The average molecular weight is 389 g/mol. The van der Waals surface area contributed by atoms with E-state index in [-0.39, 0.29) is 9.80 Å². The summed E-state index contributed by atoms with van der Waals surface area (Å²) in [7, 11) is -3.89. The molecule has 0 saturated carbocycles. The van der Waals surface area contributed by atoms with E-state index >= 15 is 0 Å². The van der Waals surface area contributed by atoms with E-state index < -0.39 is 9.84 Å². The molecular weight excluding hydrogens is 370 g/mol. The van der Waals surface area contributed by atoms with Gasteiger partial charge in [-0.1, -0.05) is 66.2 Å². The number of para-hydroxylation sites is 1. The largest absolute Gasteiger partial charge is 0.488 e. The molecule has 0 aromatic heterocycles. The lowest BCUT2D eigenvalue weighted by molar-refractivity contribution is 0.305. The summed E-state index contributed by atoms with van der Waals surface area (Å²) < 4.78 is 31.4. The van der Waals surface area contributed by atoms with Crippen LogP contribution in [0, 0.1) is 18.3 Å². The third kappa shape index (κ3) is 4.48. The van der Waals surface area contributed by atoms with Crippen LogP contribution in [0.2, 0.25) is 0 Å². The molecule has 0 bridgehead atoms. The summed E-state index contributed by atoms with van der Waals surface area (Å²) in [6, 6.07) is 24.8. The van der Waals surface area contributed by atoms with Gasteiger partial charge in [0, 0.05) is 5.56 Å². The molecule has 5 heteroatoms. The van der Waals surface area contributed by atoms with E-state index in [1.54, 1.807) is 42.5 Å². The first kappa shape index (κ1) is 19.4. The molecule has 0 aliphatic carbocycles. The standard InChI is InChI=1S/C23H19NO3S/c1-18-11-13-19(14-12-18)17-27-23-10-6-5-7-20(23)15-22(16-24)28(25,26)21-8-3-2-4-9-21/h2-15H,17H2,1H3. The molecule has 140 valence electrons. The molecule has 0 aliphatic heterocycles. The Labute approximate surface area is 165 Å².